The first-order valence-corrected chi connectivity index (χ1v) is 3.90. The molecule has 0 aliphatic heterocycles. The van der Waals surface area contributed by atoms with Gasteiger partial charge in [-0.1, -0.05) is 12.5 Å². The Morgan fingerprint density at radius 1 is 1.67 bits per heavy atom. The van der Waals surface area contributed by atoms with E-state index in [1.165, 1.54) is 12.0 Å². The van der Waals surface area contributed by atoms with Gasteiger partial charge in [0.25, 0.3) is 0 Å². The van der Waals surface area contributed by atoms with Gasteiger partial charge in [-0.15, -0.1) is 18.2 Å². The summed E-state index contributed by atoms with van der Waals surface area (Å²) in [5.41, 5.74) is 1.26. The zero-order chi connectivity index (χ0) is 7.28. The van der Waals surface area contributed by atoms with Crippen molar-refractivity contribution in [1.29, 1.82) is 0 Å². The molecular weight excluding hydrogens is 132 g/mol. The van der Waals surface area contributed by atoms with Crippen LogP contribution < -0.4 is 0 Å². The third kappa shape index (κ3) is 5.91. The summed E-state index contributed by atoms with van der Waals surface area (Å²) in [6.45, 7) is 8.04. The summed E-state index contributed by atoms with van der Waals surface area (Å²) in [6.07, 6.45) is 2.30. The third-order valence-electron chi connectivity index (χ3n) is 1.33. The quantitative estimate of drug-likeness (QED) is 0.422. The summed E-state index contributed by atoms with van der Waals surface area (Å²) in [4.78, 5) is 0. The van der Waals surface area contributed by atoms with Gasteiger partial charge in [-0.3, -0.25) is 0 Å². The van der Waals surface area contributed by atoms with Crippen LogP contribution in [-0.4, -0.2) is 5.88 Å². The highest BCUT2D eigenvalue weighted by Crippen LogP contribution is 2.10. The van der Waals surface area contributed by atoms with Gasteiger partial charge < -0.3 is 0 Å². The predicted molar refractivity (Wildman–Crippen MR) is 43.9 cm³/mol. The number of hydrogen-bond donors (Lipinski definition) is 0. The fraction of sp³-hybridized carbons (Fsp3) is 0.750. The first-order valence-electron chi connectivity index (χ1n) is 3.37. The molecule has 0 fully saturated rings. The summed E-state index contributed by atoms with van der Waals surface area (Å²) < 4.78 is 0. The lowest BCUT2D eigenvalue weighted by Crippen LogP contribution is -1.95. The van der Waals surface area contributed by atoms with Crippen LogP contribution in [0.4, 0.5) is 0 Å². The van der Waals surface area contributed by atoms with Crippen molar-refractivity contribution in [3.8, 4) is 0 Å². The van der Waals surface area contributed by atoms with Gasteiger partial charge in [0.1, 0.15) is 0 Å². The van der Waals surface area contributed by atoms with Crippen molar-refractivity contribution >= 4 is 11.6 Å². The molecule has 0 nitrogen and oxygen atoms in total. The van der Waals surface area contributed by atoms with Crippen LogP contribution in [0.25, 0.3) is 0 Å². The largest absolute Gasteiger partial charge is 0.126 e. The van der Waals surface area contributed by atoms with E-state index in [9.17, 15) is 0 Å². The molecule has 1 unspecified atom stereocenters. The number of alkyl halides is 1. The number of allylic oxidation sites excluding steroid dienone is 1. The first-order chi connectivity index (χ1) is 4.16. The maximum atomic E-state index is 5.61. The van der Waals surface area contributed by atoms with Crippen molar-refractivity contribution in [2.75, 3.05) is 5.88 Å². The van der Waals surface area contributed by atoms with Crippen molar-refractivity contribution in [3.05, 3.63) is 12.2 Å². The van der Waals surface area contributed by atoms with Crippen LogP contribution in [-0.2, 0) is 0 Å². The molecule has 0 rings (SSSR count). The Kier molecular flexibility index (Phi) is 4.88. The molecular formula is C8H15Cl. The van der Waals surface area contributed by atoms with Gasteiger partial charge in [0.05, 0.1) is 0 Å². The Labute approximate surface area is 62.9 Å². The first kappa shape index (κ1) is 9.03. The zero-order valence-electron chi connectivity index (χ0n) is 6.28. The second-order valence-corrected chi connectivity index (χ2v) is 3.06. The lowest BCUT2D eigenvalue weighted by atomic mass is 10.1. The highest BCUT2D eigenvalue weighted by molar-refractivity contribution is 6.18. The van der Waals surface area contributed by atoms with Crippen LogP contribution in [0, 0.1) is 5.92 Å². The summed E-state index contributed by atoms with van der Waals surface area (Å²) in [5, 5.41) is 0. The number of rotatable bonds is 4. The zero-order valence-corrected chi connectivity index (χ0v) is 7.04. The van der Waals surface area contributed by atoms with Crippen LogP contribution in [0.15, 0.2) is 12.2 Å². The molecule has 1 heteroatoms. The van der Waals surface area contributed by atoms with E-state index < -0.39 is 0 Å². The number of halogens is 1. The molecule has 0 amide bonds. The molecule has 0 aromatic carbocycles. The van der Waals surface area contributed by atoms with Gasteiger partial charge in [0.15, 0.2) is 0 Å². The fourth-order valence-corrected chi connectivity index (χ4v) is 0.724. The van der Waals surface area contributed by atoms with Crippen LogP contribution in [0.2, 0.25) is 0 Å². The van der Waals surface area contributed by atoms with Crippen molar-refractivity contribution in [1.82, 2.24) is 0 Å². The predicted octanol–water partition coefficient (Wildman–Crippen LogP) is 3.22. The highest BCUT2D eigenvalue weighted by Gasteiger charge is 1.97. The molecule has 0 aliphatic rings. The van der Waals surface area contributed by atoms with Crippen molar-refractivity contribution in [3.63, 3.8) is 0 Å². The number of hydrogen-bond acceptors (Lipinski definition) is 0. The van der Waals surface area contributed by atoms with Crippen molar-refractivity contribution < 1.29 is 0 Å². The fourth-order valence-electron chi connectivity index (χ4n) is 0.570. The van der Waals surface area contributed by atoms with E-state index >= 15 is 0 Å². The molecule has 1 atom stereocenters. The molecule has 9 heavy (non-hydrogen) atoms. The van der Waals surface area contributed by atoms with Crippen LogP contribution in [0.1, 0.15) is 26.7 Å². The Hall–Kier alpha value is 0.0300. The van der Waals surface area contributed by atoms with Gasteiger partial charge in [-0.05, 0) is 25.7 Å². The van der Waals surface area contributed by atoms with E-state index in [1.54, 1.807) is 0 Å². The summed E-state index contributed by atoms with van der Waals surface area (Å²) in [5.74, 6) is 1.41. The van der Waals surface area contributed by atoms with Gasteiger partial charge in [0.2, 0.25) is 0 Å². The average Bonchev–Trinajstić information content (AvgIpc) is 1.83. The maximum absolute atomic E-state index is 5.61. The third-order valence-corrected chi connectivity index (χ3v) is 1.85. The molecule has 0 saturated heterocycles. The Morgan fingerprint density at radius 2 is 2.22 bits per heavy atom. The molecule has 0 heterocycles. The Balaban J connectivity index is 3.16. The monoisotopic (exact) mass is 146 g/mol. The molecule has 0 N–H and O–H groups in total. The molecule has 54 valence electrons. The van der Waals surface area contributed by atoms with E-state index in [2.05, 4.69) is 20.4 Å². The normalized spacial score (nSPS) is 13.2. The molecule has 0 radical (unpaired) electrons. The lowest BCUT2D eigenvalue weighted by Gasteiger charge is -2.04. The minimum atomic E-state index is 0.642. The molecule has 0 saturated carbocycles. The van der Waals surface area contributed by atoms with Crippen molar-refractivity contribution in [2.24, 2.45) is 5.92 Å². The van der Waals surface area contributed by atoms with E-state index in [-0.39, 0.29) is 0 Å². The van der Waals surface area contributed by atoms with Crippen molar-refractivity contribution in [2.45, 2.75) is 26.7 Å². The summed E-state index contributed by atoms with van der Waals surface area (Å²) in [6, 6.07) is 0. The standard InChI is InChI=1S/C8H15Cl/c1-7(2)4-5-8(3)6-9/h8H,1,4-6H2,2-3H3. The topological polar surface area (TPSA) is 0 Å². The molecule has 0 spiro atoms. The second kappa shape index (κ2) is 4.87. The minimum Gasteiger partial charge on any atom is -0.126 e. The SMILES string of the molecule is C=C(C)CCC(C)CCl. The Morgan fingerprint density at radius 3 is 2.56 bits per heavy atom. The van der Waals surface area contributed by atoms with Crippen LogP contribution in [0.5, 0.6) is 0 Å². The molecule has 0 bridgehead atoms. The molecule has 0 aromatic heterocycles. The maximum Gasteiger partial charge on any atom is 0.0249 e. The smallest absolute Gasteiger partial charge is 0.0249 e. The minimum absolute atomic E-state index is 0.642. The van der Waals surface area contributed by atoms with E-state index in [0.29, 0.717) is 5.92 Å². The molecule has 0 aromatic rings. The Bertz CT molecular complexity index is 86.6. The van der Waals surface area contributed by atoms with Crippen LogP contribution in [0.3, 0.4) is 0 Å². The van der Waals surface area contributed by atoms with E-state index in [4.69, 9.17) is 11.6 Å². The van der Waals surface area contributed by atoms with E-state index in [0.717, 1.165) is 12.3 Å². The summed E-state index contributed by atoms with van der Waals surface area (Å²) in [7, 11) is 0. The van der Waals surface area contributed by atoms with Gasteiger partial charge >= 0.3 is 0 Å². The van der Waals surface area contributed by atoms with E-state index in [1.807, 2.05) is 0 Å². The van der Waals surface area contributed by atoms with Gasteiger partial charge in [0, 0.05) is 5.88 Å². The lowest BCUT2D eigenvalue weighted by molar-refractivity contribution is 0.591. The molecule has 0 aliphatic carbocycles. The van der Waals surface area contributed by atoms with Gasteiger partial charge in [-0.2, -0.15) is 0 Å². The van der Waals surface area contributed by atoms with Gasteiger partial charge in [-0.25, -0.2) is 0 Å². The summed E-state index contributed by atoms with van der Waals surface area (Å²) >= 11 is 5.61. The highest BCUT2D eigenvalue weighted by atomic mass is 35.5. The second-order valence-electron chi connectivity index (χ2n) is 2.76. The average molecular weight is 147 g/mol. The van der Waals surface area contributed by atoms with Crippen LogP contribution >= 0.6 is 11.6 Å².